The first-order valence-corrected chi connectivity index (χ1v) is 12.4. The zero-order chi connectivity index (χ0) is 28.2. The number of para-hydroxylation sites is 1. The Labute approximate surface area is 229 Å². The SMILES string of the molecule is COc1ccc(/C=C2\Oc3cc(OCC(=O)N[C@@H](Cc4c[nH]c5ccccc45)C(=O)O)ccc3C2=O)cc1OC. The van der Waals surface area contributed by atoms with E-state index in [2.05, 4.69) is 10.3 Å². The lowest BCUT2D eigenvalue weighted by Gasteiger charge is -2.15. The van der Waals surface area contributed by atoms with Crippen LogP contribution in [0.15, 0.2) is 72.6 Å². The van der Waals surface area contributed by atoms with Crippen LogP contribution in [-0.4, -0.2) is 54.6 Å². The van der Waals surface area contributed by atoms with Crippen molar-refractivity contribution < 1.29 is 38.4 Å². The van der Waals surface area contributed by atoms with Crippen molar-refractivity contribution in [2.45, 2.75) is 12.5 Å². The molecule has 204 valence electrons. The lowest BCUT2D eigenvalue weighted by Crippen LogP contribution is -2.44. The first kappa shape index (κ1) is 26.4. The van der Waals surface area contributed by atoms with Crippen molar-refractivity contribution in [3.8, 4) is 23.0 Å². The molecule has 1 aliphatic rings. The lowest BCUT2D eigenvalue weighted by molar-refractivity contribution is -0.142. The van der Waals surface area contributed by atoms with Gasteiger partial charge in [0.2, 0.25) is 5.78 Å². The Morgan fingerprint density at radius 2 is 1.85 bits per heavy atom. The largest absolute Gasteiger partial charge is 0.493 e. The summed E-state index contributed by atoms with van der Waals surface area (Å²) in [5.41, 5.74) is 2.70. The molecular formula is C30H26N2O8. The van der Waals surface area contributed by atoms with Crippen molar-refractivity contribution in [2.24, 2.45) is 0 Å². The minimum absolute atomic E-state index is 0.106. The number of H-pyrrole nitrogens is 1. The number of allylic oxidation sites excluding steroid dienone is 1. The quantitative estimate of drug-likeness (QED) is 0.256. The Hall–Kier alpha value is -5.25. The van der Waals surface area contributed by atoms with Crippen LogP contribution in [0.5, 0.6) is 23.0 Å². The molecular weight excluding hydrogens is 516 g/mol. The van der Waals surface area contributed by atoms with Gasteiger partial charge in [-0.15, -0.1) is 0 Å². The van der Waals surface area contributed by atoms with Crippen LogP contribution in [0.2, 0.25) is 0 Å². The number of carboxylic acids is 1. The molecule has 0 aliphatic carbocycles. The van der Waals surface area contributed by atoms with Crippen molar-refractivity contribution in [2.75, 3.05) is 20.8 Å². The Bertz CT molecular complexity index is 1640. The summed E-state index contributed by atoms with van der Waals surface area (Å²) in [5.74, 6) is -0.273. The smallest absolute Gasteiger partial charge is 0.326 e. The van der Waals surface area contributed by atoms with E-state index in [0.29, 0.717) is 22.6 Å². The molecule has 0 bridgehead atoms. The fraction of sp³-hybridized carbons (Fsp3) is 0.167. The predicted octanol–water partition coefficient (Wildman–Crippen LogP) is 3.99. The molecule has 0 unspecified atom stereocenters. The third-order valence-corrected chi connectivity index (χ3v) is 6.45. The Morgan fingerprint density at radius 3 is 2.62 bits per heavy atom. The standard InChI is InChI=1S/C30H26N2O8/c1-37-24-10-7-17(11-26(24)38-2)12-27-29(34)21-9-8-19(14-25(21)40-27)39-16-28(33)32-23(30(35)36)13-18-15-31-22-6-4-3-5-20(18)22/h3-12,14-15,23,31H,13,16H2,1-2H3,(H,32,33)(H,35,36)/b27-12-/t23-/m0/s1. The first-order valence-electron chi connectivity index (χ1n) is 12.4. The molecule has 10 nitrogen and oxygen atoms in total. The highest BCUT2D eigenvalue weighted by Crippen LogP contribution is 2.36. The van der Waals surface area contributed by atoms with Crippen LogP contribution in [0.3, 0.4) is 0 Å². The number of aromatic nitrogens is 1. The summed E-state index contributed by atoms with van der Waals surface area (Å²) in [6.45, 7) is -0.418. The number of carbonyl (C=O) groups is 3. The summed E-state index contributed by atoms with van der Waals surface area (Å²) >= 11 is 0. The average Bonchev–Trinajstić information content (AvgIpc) is 3.51. The minimum Gasteiger partial charge on any atom is -0.493 e. The van der Waals surface area contributed by atoms with Crippen LogP contribution in [0.4, 0.5) is 0 Å². The lowest BCUT2D eigenvalue weighted by atomic mass is 10.1. The van der Waals surface area contributed by atoms with Gasteiger partial charge in [0.05, 0.1) is 19.8 Å². The molecule has 0 spiro atoms. The number of methoxy groups -OCH3 is 2. The van der Waals surface area contributed by atoms with Crippen LogP contribution >= 0.6 is 0 Å². The second-order valence-corrected chi connectivity index (χ2v) is 9.02. The molecule has 0 saturated carbocycles. The minimum atomic E-state index is -1.16. The van der Waals surface area contributed by atoms with E-state index in [1.54, 1.807) is 42.6 Å². The first-order chi connectivity index (χ1) is 19.4. The summed E-state index contributed by atoms with van der Waals surface area (Å²) in [6, 6.07) is 16.2. The fourth-order valence-corrected chi connectivity index (χ4v) is 4.46. The van der Waals surface area contributed by atoms with Crippen LogP contribution < -0.4 is 24.3 Å². The van der Waals surface area contributed by atoms with Gasteiger partial charge in [0.25, 0.3) is 5.91 Å². The van der Waals surface area contributed by atoms with Crippen molar-refractivity contribution in [1.82, 2.24) is 10.3 Å². The van der Waals surface area contributed by atoms with Gasteiger partial charge < -0.3 is 34.4 Å². The molecule has 5 rings (SSSR count). The number of carbonyl (C=O) groups excluding carboxylic acids is 2. The van der Waals surface area contributed by atoms with E-state index < -0.39 is 24.5 Å². The molecule has 4 aromatic rings. The van der Waals surface area contributed by atoms with E-state index >= 15 is 0 Å². The summed E-state index contributed by atoms with van der Waals surface area (Å²) in [5, 5.41) is 13.1. The number of amides is 1. The van der Waals surface area contributed by atoms with Crippen molar-refractivity contribution in [3.05, 3.63) is 89.3 Å². The maximum absolute atomic E-state index is 12.8. The molecule has 40 heavy (non-hydrogen) atoms. The van der Waals surface area contributed by atoms with E-state index in [1.165, 1.54) is 20.3 Å². The highest BCUT2D eigenvalue weighted by molar-refractivity contribution is 6.14. The summed E-state index contributed by atoms with van der Waals surface area (Å²) in [6.07, 6.45) is 3.44. The highest BCUT2D eigenvalue weighted by Gasteiger charge is 2.28. The molecule has 1 amide bonds. The van der Waals surface area contributed by atoms with E-state index in [1.807, 2.05) is 24.3 Å². The molecule has 1 aromatic heterocycles. The van der Waals surface area contributed by atoms with E-state index in [4.69, 9.17) is 18.9 Å². The van der Waals surface area contributed by atoms with Gasteiger partial charge in [-0.25, -0.2) is 4.79 Å². The van der Waals surface area contributed by atoms with E-state index in [0.717, 1.165) is 16.5 Å². The van der Waals surface area contributed by atoms with Crippen LogP contribution in [0.25, 0.3) is 17.0 Å². The summed E-state index contributed by atoms with van der Waals surface area (Å²) in [7, 11) is 3.06. The molecule has 0 fully saturated rings. The number of hydrogen-bond donors (Lipinski definition) is 3. The second kappa shape index (κ2) is 11.2. The zero-order valence-electron chi connectivity index (χ0n) is 21.7. The maximum atomic E-state index is 12.8. The molecule has 3 N–H and O–H groups in total. The van der Waals surface area contributed by atoms with Gasteiger partial charge in [-0.1, -0.05) is 24.3 Å². The van der Waals surface area contributed by atoms with Gasteiger partial charge in [-0.05, 0) is 47.5 Å². The zero-order valence-corrected chi connectivity index (χ0v) is 21.7. The number of aliphatic carboxylic acids is 1. The van der Waals surface area contributed by atoms with Crippen molar-refractivity contribution in [1.29, 1.82) is 0 Å². The third kappa shape index (κ3) is 5.46. The number of ketones is 1. The number of benzene rings is 3. The number of carboxylic acid groups (broad SMARTS) is 1. The molecule has 0 saturated heterocycles. The van der Waals surface area contributed by atoms with Crippen LogP contribution in [-0.2, 0) is 16.0 Å². The molecule has 10 heteroatoms. The van der Waals surface area contributed by atoms with Gasteiger partial charge in [0.15, 0.2) is 23.9 Å². The van der Waals surface area contributed by atoms with Gasteiger partial charge in [0.1, 0.15) is 17.5 Å². The Kier molecular flexibility index (Phi) is 7.41. The number of nitrogens with one attached hydrogen (secondary N) is 2. The van der Waals surface area contributed by atoms with E-state index in [9.17, 15) is 19.5 Å². The number of aromatic amines is 1. The fourth-order valence-electron chi connectivity index (χ4n) is 4.46. The molecule has 1 atom stereocenters. The number of rotatable bonds is 10. The van der Waals surface area contributed by atoms with Crippen molar-refractivity contribution in [3.63, 3.8) is 0 Å². The van der Waals surface area contributed by atoms with Gasteiger partial charge in [0, 0.05) is 29.6 Å². The van der Waals surface area contributed by atoms with Gasteiger partial charge in [-0.2, -0.15) is 0 Å². The highest BCUT2D eigenvalue weighted by atomic mass is 16.5. The third-order valence-electron chi connectivity index (χ3n) is 6.45. The topological polar surface area (TPSA) is 136 Å². The molecule has 1 aliphatic heterocycles. The molecule has 2 heterocycles. The molecule has 0 radical (unpaired) electrons. The monoisotopic (exact) mass is 542 g/mol. The number of Topliss-reactive ketones (excluding diaryl/α,β-unsaturated/α-hetero) is 1. The van der Waals surface area contributed by atoms with Gasteiger partial charge in [-0.3, -0.25) is 9.59 Å². The van der Waals surface area contributed by atoms with Crippen molar-refractivity contribution >= 4 is 34.6 Å². The maximum Gasteiger partial charge on any atom is 0.326 e. The number of hydrogen-bond acceptors (Lipinski definition) is 7. The van der Waals surface area contributed by atoms with Gasteiger partial charge >= 0.3 is 5.97 Å². The Morgan fingerprint density at radius 1 is 1.05 bits per heavy atom. The summed E-state index contributed by atoms with van der Waals surface area (Å²) in [4.78, 5) is 40.3. The second-order valence-electron chi connectivity index (χ2n) is 9.02. The predicted molar refractivity (Wildman–Crippen MR) is 146 cm³/mol. The number of ether oxygens (including phenoxy) is 4. The molecule has 3 aromatic carbocycles. The number of fused-ring (bicyclic) bond motifs is 2. The van der Waals surface area contributed by atoms with Crippen LogP contribution in [0, 0.1) is 0 Å². The van der Waals surface area contributed by atoms with Crippen LogP contribution in [0.1, 0.15) is 21.5 Å². The van der Waals surface area contributed by atoms with E-state index in [-0.39, 0.29) is 29.5 Å². The summed E-state index contributed by atoms with van der Waals surface area (Å²) < 4.78 is 21.9. The Balaban J connectivity index is 1.22. The normalized spacial score (nSPS) is 13.9. The average molecular weight is 543 g/mol.